The van der Waals surface area contributed by atoms with Crippen molar-refractivity contribution < 1.29 is 0 Å². The Morgan fingerprint density at radius 2 is 2.08 bits per heavy atom. The molecule has 0 spiro atoms. The minimum Gasteiger partial charge on any atom is -0.283 e. The smallest absolute Gasteiger partial charge is 0.0490 e. The predicted octanol–water partition coefficient (Wildman–Crippen LogP) is 2.92. The first-order valence-corrected chi connectivity index (χ1v) is 4.91. The lowest BCUT2D eigenvalue weighted by molar-refractivity contribution is 0.627. The van der Waals surface area contributed by atoms with Gasteiger partial charge in [0.15, 0.2) is 0 Å². The zero-order valence-electron chi connectivity index (χ0n) is 7.84. The quantitative estimate of drug-likeness (QED) is 0.647. The van der Waals surface area contributed by atoms with E-state index in [0.29, 0.717) is 0 Å². The van der Waals surface area contributed by atoms with Crippen LogP contribution < -0.4 is 0 Å². The first kappa shape index (κ1) is 9.30. The third-order valence-corrected chi connectivity index (χ3v) is 2.11. The van der Waals surface area contributed by atoms with Crippen molar-refractivity contribution in [3.05, 3.63) is 18.0 Å². The van der Waals surface area contributed by atoms with Crippen LogP contribution in [-0.2, 0) is 6.42 Å². The average Bonchev–Trinajstić information content (AvgIpc) is 2.57. The largest absolute Gasteiger partial charge is 0.283 e. The highest BCUT2D eigenvalue weighted by molar-refractivity contribution is 4.96. The molecule has 0 bridgehead atoms. The fourth-order valence-corrected chi connectivity index (χ4v) is 1.34. The van der Waals surface area contributed by atoms with Crippen LogP contribution in [0.3, 0.4) is 0 Å². The highest BCUT2D eigenvalue weighted by atomic mass is 15.1. The summed E-state index contributed by atoms with van der Waals surface area (Å²) in [5, 5.41) is 6.89. The number of aromatic amines is 1. The van der Waals surface area contributed by atoms with Gasteiger partial charge in [-0.3, -0.25) is 5.10 Å². The van der Waals surface area contributed by atoms with E-state index in [2.05, 4.69) is 23.2 Å². The van der Waals surface area contributed by atoms with Crippen LogP contribution in [0.15, 0.2) is 12.3 Å². The van der Waals surface area contributed by atoms with Gasteiger partial charge < -0.3 is 0 Å². The van der Waals surface area contributed by atoms with E-state index in [9.17, 15) is 0 Å². The minimum absolute atomic E-state index is 1.16. The van der Waals surface area contributed by atoms with Crippen LogP contribution in [0.4, 0.5) is 0 Å². The number of H-pyrrole nitrogens is 1. The van der Waals surface area contributed by atoms with Gasteiger partial charge in [-0.05, 0) is 18.9 Å². The second-order valence-corrected chi connectivity index (χ2v) is 3.25. The van der Waals surface area contributed by atoms with Gasteiger partial charge >= 0.3 is 0 Å². The van der Waals surface area contributed by atoms with Crippen LogP contribution >= 0.6 is 0 Å². The average molecular weight is 166 g/mol. The SMILES string of the molecule is CCCCCCCc1ccn[nH]1. The van der Waals surface area contributed by atoms with Gasteiger partial charge in [0.1, 0.15) is 0 Å². The van der Waals surface area contributed by atoms with Gasteiger partial charge in [0.05, 0.1) is 0 Å². The van der Waals surface area contributed by atoms with Crippen molar-refractivity contribution in [2.75, 3.05) is 0 Å². The molecule has 0 unspecified atom stereocenters. The number of nitrogens with zero attached hydrogens (tertiary/aromatic N) is 1. The number of aryl methyl sites for hydroxylation is 1. The van der Waals surface area contributed by atoms with E-state index >= 15 is 0 Å². The molecule has 1 rings (SSSR count). The molecular formula is C10H18N2. The molecule has 68 valence electrons. The Labute approximate surface area is 74.4 Å². The maximum atomic E-state index is 3.91. The normalized spacial score (nSPS) is 10.4. The summed E-state index contributed by atoms with van der Waals surface area (Å²) in [5.74, 6) is 0. The molecule has 0 saturated heterocycles. The zero-order valence-corrected chi connectivity index (χ0v) is 7.84. The van der Waals surface area contributed by atoms with E-state index < -0.39 is 0 Å². The lowest BCUT2D eigenvalue weighted by Gasteiger charge is -1.97. The Balaban J connectivity index is 1.96. The van der Waals surface area contributed by atoms with Gasteiger partial charge in [-0.1, -0.05) is 32.6 Å². The number of aromatic nitrogens is 2. The Bertz CT molecular complexity index is 180. The van der Waals surface area contributed by atoms with Crippen molar-refractivity contribution in [1.29, 1.82) is 0 Å². The molecule has 1 heterocycles. The third kappa shape index (κ3) is 3.56. The van der Waals surface area contributed by atoms with Gasteiger partial charge in [-0.25, -0.2) is 0 Å². The molecule has 0 aromatic carbocycles. The number of rotatable bonds is 6. The summed E-state index contributed by atoms with van der Waals surface area (Å²) in [5.41, 5.74) is 1.27. The van der Waals surface area contributed by atoms with Crippen LogP contribution in [0, 0.1) is 0 Å². The maximum absolute atomic E-state index is 3.91. The summed E-state index contributed by atoms with van der Waals surface area (Å²) in [6.07, 6.45) is 9.71. The topological polar surface area (TPSA) is 28.7 Å². The van der Waals surface area contributed by atoms with Gasteiger partial charge in [0.25, 0.3) is 0 Å². The van der Waals surface area contributed by atoms with Crippen molar-refractivity contribution in [2.24, 2.45) is 0 Å². The third-order valence-electron chi connectivity index (χ3n) is 2.11. The molecular weight excluding hydrogens is 148 g/mol. The van der Waals surface area contributed by atoms with Gasteiger partial charge in [0.2, 0.25) is 0 Å². The van der Waals surface area contributed by atoms with Crippen molar-refractivity contribution in [3.8, 4) is 0 Å². The Kier molecular flexibility index (Phi) is 4.50. The molecule has 1 N–H and O–H groups in total. The van der Waals surface area contributed by atoms with E-state index in [1.165, 1.54) is 37.8 Å². The molecule has 1 aromatic heterocycles. The number of nitrogens with one attached hydrogen (secondary N) is 1. The molecule has 0 aliphatic rings. The van der Waals surface area contributed by atoms with Crippen molar-refractivity contribution in [1.82, 2.24) is 10.2 Å². The molecule has 1 aromatic rings. The van der Waals surface area contributed by atoms with E-state index in [1.54, 1.807) is 0 Å². The Morgan fingerprint density at radius 1 is 1.25 bits per heavy atom. The van der Waals surface area contributed by atoms with E-state index in [0.717, 1.165) is 6.42 Å². The lowest BCUT2D eigenvalue weighted by atomic mass is 10.1. The van der Waals surface area contributed by atoms with Gasteiger partial charge in [-0.2, -0.15) is 5.10 Å². The summed E-state index contributed by atoms with van der Waals surface area (Å²) in [6, 6.07) is 2.06. The summed E-state index contributed by atoms with van der Waals surface area (Å²) in [4.78, 5) is 0. The number of unbranched alkanes of at least 4 members (excludes halogenated alkanes) is 4. The summed E-state index contributed by atoms with van der Waals surface area (Å²) in [6.45, 7) is 2.24. The molecule has 0 saturated carbocycles. The van der Waals surface area contributed by atoms with Gasteiger partial charge in [0, 0.05) is 11.9 Å². The molecule has 12 heavy (non-hydrogen) atoms. The molecule has 0 atom stereocenters. The summed E-state index contributed by atoms with van der Waals surface area (Å²) >= 11 is 0. The molecule has 2 nitrogen and oxygen atoms in total. The standard InChI is InChI=1S/C10H18N2/c1-2-3-4-5-6-7-10-8-9-11-12-10/h8-9H,2-7H2,1H3,(H,11,12). The highest BCUT2D eigenvalue weighted by Crippen LogP contribution is 2.06. The fourth-order valence-electron chi connectivity index (χ4n) is 1.34. The lowest BCUT2D eigenvalue weighted by Crippen LogP contribution is -1.86. The zero-order chi connectivity index (χ0) is 8.65. The van der Waals surface area contributed by atoms with Crippen molar-refractivity contribution in [3.63, 3.8) is 0 Å². The molecule has 2 heteroatoms. The number of hydrogen-bond acceptors (Lipinski definition) is 1. The molecule has 0 amide bonds. The van der Waals surface area contributed by atoms with E-state index in [1.807, 2.05) is 6.20 Å². The predicted molar refractivity (Wildman–Crippen MR) is 51.1 cm³/mol. The van der Waals surface area contributed by atoms with Gasteiger partial charge in [-0.15, -0.1) is 0 Å². The van der Waals surface area contributed by atoms with Crippen LogP contribution in [0.5, 0.6) is 0 Å². The Morgan fingerprint density at radius 3 is 2.75 bits per heavy atom. The molecule has 0 radical (unpaired) electrons. The monoisotopic (exact) mass is 166 g/mol. The van der Waals surface area contributed by atoms with E-state index in [-0.39, 0.29) is 0 Å². The molecule has 0 aliphatic carbocycles. The van der Waals surface area contributed by atoms with Crippen molar-refractivity contribution in [2.45, 2.75) is 45.4 Å². The van der Waals surface area contributed by atoms with Crippen molar-refractivity contribution >= 4 is 0 Å². The first-order chi connectivity index (χ1) is 5.93. The minimum atomic E-state index is 1.16. The maximum Gasteiger partial charge on any atom is 0.0490 e. The summed E-state index contributed by atoms with van der Waals surface area (Å²) < 4.78 is 0. The molecule has 0 fully saturated rings. The second kappa shape index (κ2) is 5.81. The highest BCUT2D eigenvalue weighted by Gasteiger charge is 1.93. The van der Waals surface area contributed by atoms with Crippen LogP contribution in [0.25, 0.3) is 0 Å². The number of hydrogen-bond donors (Lipinski definition) is 1. The van der Waals surface area contributed by atoms with Crippen LogP contribution in [-0.4, -0.2) is 10.2 Å². The first-order valence-electron chi connectivity index (χ1n) is 4.91. The Hall–Kier alpha value is -0.790. The van der Waals surface area contributed by atoms with Crippen LogP contribution in [0.1, 0.15) is 44.7 Å². The second-order valence-electron chi connectivity index (χ2n) is 3.25. The molecule has 0 aliphatic heterocycles. The van der Waals surface area contributed by atoms with E-state index in [4.69, 9.17) is 0 Å². The summed E-state index contributed by atoms with van der Waals surface area (Å²) in [7, 11) is 0. The van der Waals surface area contributed by atoms with Crippen LogP contribution in [0.2, 0.25) is 0 Å². The fraction of sp³-hybridized carbons (Fsp3) is 0.700.